The van der Waals surface area contributed by atoms with E-state index < -0.39 is 0 Å². The Morgan fingerprint density at radius 2 is 2.06 bits per heavy atom. The van der Waals surface area contributed by atoms with Crippen molar-refractivity contribution >= 4 is 12.3 Å². The van der Waals surface area contributed by atoms with Gasteiger partial charge in [-0.1, -0.05) is 0 Å². The van der Waals surface area contributed by atoms with Gasteiger partial charge in [0, 0.05) is 11.1 Å². The number of methoxy groups -OCH3 is 2. The Balaban J connectivity index is 3.17. The number of hydrogen-bond acceptors (Lipinski definition) is 4. The first-order valence-electron chi connectivity index (χ1n) is 4.82. The van der Waals surface area contributed by atoms with Crippen molar-refractivity contribution in [1.82, 2.24) is 0 Å². The maximum absolute atomic E-state index is 11.2. The second kappa shape index (κ2) is 5.30. The average Bonchev–Trinajstić information content (AvgIpc) is 2.28. The van der Waals surface area contributed by atoms with Crippen molar-refractivity contribution in [3.8, 4) is 5.75 Å². The van der Waals surface area contributed by atoms with Gasteiger partial charge in [0.2, 0.25) is 0 Å². The molecule has 0 N–H and O–H groups in total. The quantitative estimate of drug-likeness (QED) is 0.572. The van der Waals surface area contributed by atoms with Crippen LogP contribution in [0.3, 0.4) is 0 Å². The van der Waals surface area contributed by atoms with Crippen LogP contribution in [0.15, 0.2) is 12.1 Å². The first-order chi connectivity index (χ1) is 7.62. The van der Waals surface area contributed by atoms with Gasteiger partial charge >= 0.3 is 5.97 Å². The number of benzene rings is 1. The molecular weight excluding hydrogens is 208 g/mol. The zero-order valence-electron chi connectivity index (χ0n) is 9.57. The molecule has 16 heavy (non-hydrogen) atoms. The van der Waals surface area contributed by atoms with E-state index in [0.29, 0.717) is 16.9 Å². The molecular formula is C12H14O4. The smallest absolute Gasteiger partial charge is 0.310 e. The largest absolute Gasteiger partial charge is 0.496 e. The highest BCUT2D eigenvalue weighted by Crippen LogP contribution is 2.25. The topological polar surface area (TPSA) is 52.6 Å². The summed E-state index contributed by atoms with van der Waals surface area (Å²) in [5.74, 6) is 0.261. The monoisotopic (exact) mass is 222 g/mol. The number of hydrogen-bond donors (Lipinski definition) is 0. The van der Waals surface area contributed by atoms with Gasteiger partial charge in [-0.05, 0) is 24.6 Å². The fourth-order valence-electron chi connectivity index (χ4n) is 1.60. The third kappa shape index (κ3) is 2.59. The van der Waals surface area contributed by atoms with Gasteiger partial charge in [-0.2, -0.15) is 0 Å². The predicted octanol–water partition coefficient (Wildman–Crippen LogP) is 1.53. The van der Waals surface area contributed by atoms with E-state index in [1.54, 1.807) is 12.1 Å². The summed E-state index contributed by atoms with van der Waals surface area (Å²) in [4.78, 5) is 21.9. The lowest BCUT2D eigenvalue weighted by atomic mass is 10.0. The van der Waals surface area contributed by atoms with Crippen molar-refractivity contribution in [3.05, 3.63) is 28.8 Å². The Labute approximate surface area is 94.2 Å². The molecule has 0 aliphatic carbocycles. The zero-order valence-corrected chi connectivity index (χ0v) is 9.57. The summed E-state index contributed by atoms with van der Waals surface area (Å²) in [6.07, 6.45) is 0.843. The molecule has 0 fully saturated rings. The minimum absolute atomic E-state index is 0.0994. The second-order valence-corrected chi connectivity index (χ2v) is 3.40. The Kier molecular flexibility index (Phi) is 4.05. The summed E-state index contributed by atoms with van der Waals surface area (Å²) < 4.78 is 9.78. The molecule has 0 radical (unpaired) electrons. The van der Waals surface area contributed by atoms with Crippen LogP contribution in [0.25, 0.3) is 0 Å². The third-order valence-electron chi connectivity index (χ3n) is 2.28. The molecule has 0 aliphatic heterocycles. The SMILES string of the molecule is COC(=O)Cc1cc(C=O)cc(C)c1OC. The maximum atomic E-state index is 11.2. The molecule has 1 aromatic carbocycles. The maximum Gasteiger partial charge on any atom is 0.310 e. The lowest BCUT2D eigenvalue weighted by molar-refractivity contribution is -0.139. The standard InChI is InChI=1S/C12H14O4/c1-8-4-9(7-13)5-10(12(8)16-3)6-11(14)15-2/h4-5,7H,6H2,1-3H3. The van der Waals surface area contributed by atoms with Gasteiger partial charge in [0.25, 0.3) is 0 Å². The average molecular weight is 222 g/mol. The molecule has 0 amide bonds. The molecule has 86 valence electrons. The van der Waals surface area contributed by atoms with Crippen LogP contribution in [0, 0.1) is 6.92 Å². The number of carbonyl (C=O) groups is 2. The van der Waals surface area contributed by atoms with Gasteiger partial charge < -0.3 is 9.47 Å². The summed E-state index contributed by atoms with van der Waals surface area (Å²) in [5, 5.41) is 0. The number of aldehydes is 1. The number of carbonyl (C=O) groups excluding carboxylic acids is 2. The van der Waals surface area contributed by atoms with E-state index in [9.17, 15) is 9.59 Å². The summed E-state index contributed by atoms with van der Waals surface area (Å²) in [6.45, 7) is 1.83. The summed E-state index contributed by atoms with van der Waals surface area (Å²) in [7, 11) is 2.86. The number of aryl methyl sites for hydroxylation is 1. The Morgan fingerprint density at radius 3 is 2.56 bits per heavy atom. The summed E-state index contributed by atoms with van der Waals surface area (Å²) in [5.41, 5.74) is 2.01. The summed E-state index contributed by atoms with van der Waals surface area (Å²) in [6, 6.07) is 3.35. The van der Waals surface area contributed by atoms with E-state index in [1.807, 2.05) is 6.92 Å². The first kappa shape index (κ1) is 12.2. The van der Waals surface area contributed by atoms with E-state index in [-0.39, 0.29) is 12.4 Å². The molecule has 0 atom stereocenters. The Hall–Kier alpha value is -1.84. The molecule has 0 saturated carbocycles. The molecule has 1 aromatic rings. The van der Waals surface area contributed by atoms with Crippen molar-refractivity contribution in [2.24, 2.45) is 0 Å². The van der Waals surface area contributed by atoms with Gasteiger partial charge in [0.15, 0.2) is 0 Å². The number of ether oxygens (including phenoxy) is 2. The molecule has 0 aliphatic rings. The zero-order chi connectivity index (χ0) is 12.1. The molecule has 4 nitrogen and oxygen atoms in total. The highest BCUT2D eigenvalue weighted by molar-refractivity contribution is 5.79. The predicted molar refractivity (Wildman–Crippen MR) is 58.8 cm³/mol. The van der Waals surface area contributed by atoms with Crippen molar-refractivity contribution < 1.29 is 19.1 Å². The van der Waals surface area contributed by atoms with Crippen molar-refractivity contribution in [3.63, 3.8) is 0 Å². The van der Waals surface area contributed by atoms with Crippen molar-refractivity contribution in [2.75, 3.05) is 14.2 Å². The lowest BCUT2D eigenvalue weighted by Gasteiger charge is -2.11. The molecule has 0 unspecified atom stereocenters. The Bertz CT molecular complexity index is 410. The molecule has 0 bridgehead atoms. The van der Waals surface area contributed by atoms with Gasteiger partial charge in [-0.25, -0.2) is 0 Å². The minimum atomic E-state index is -0.360. The molecule has 0 saturated heterocycles. The highest BCUT2D eigenvalue weighted by Gasteiger charge is 2.12. The normalized spacial score (nSPS) is 9.69. The van der Waals surface area contributed by atoms with Crippen molar-refractivity contribution in [2.45, 2.75) is 13.3 Å². The molecule has 4 heteroatoms. The highest BCUT2D eigenvalue weighted by atomic mass is 16.5. The van der Waals surface area contributed by atoms with E-state index in [2.05, 4.69) is 4.74 Å². The van der Waals surface area contributed by atoms with Gasteiger partial charge in [0.1, 0.15) is 12.0 Å². The summed E-state index contributed by atoms with van der Waals surface area (Å²) >= 11 is 0. The first-order valence-corrected chi connectivity index (χ1v) is 4.82. The third-order valence-corrected chi connectivity index (χ3v) is 2.28. The van der Waals surface area contributed by atoms with E-state index in [4.69, 9.17) is 4.74 Å². The fourth-order valence-corrected chi connectivity index (χ4v) is 1.60. The molecule has 0 aromatic heterocycles. The Morgan fingerprint density at radius 1 is 1.38 bits per heavy atom. The minimum Gasteiger partial charge on any atom is -0.496 e. The number of rotatable bonds is 4. The van der Waals surface area contributed by atoms with Crippen LogP contribution in [-0.2, 0) is 16.0 Å². The van der Waals surface area contributed by atoms with Crippen LogP contribution < -0.4 is 4.74 Å². The van der Waals surface area contributed by atoms with Crippen LogP contribution in [0.1, 0.15) is 21.5 Å². The van der Waals surface area contributed by atoms with E-state index in [0.717, 1.165) is 11.8 Å². The molecule has 0 heterocycles. The molecule has 1 rings (SSSR count). The van der Waals surface area contributed by atoms with Crippen LogP contribution in [0.5, 0.6) is 5.75 Å². The van der Waals surface area contributed by atoms with Crippen LogP contribution >= 0.6 is 0 Å². The van der Waals surface area contributed by atoms with Gasteiger partial charge in [-0.3, -0.25) is 9.59 Å². The lowest BCUT2D eigenvalue weighted by Crippen LogP contribution is -2.07. The van der Waals surface area contributed by atoms with Crippen LogP contribution in [0.4, 0.5) is 0 Å². The second-order valence-electron chi connectivity index (χ2n) is 3.40. The molecule has 0 spiro atoms. The number of esters is 1. The van der Waals surface area contributed by atoms with Gasteiger partial charge in [0.05, 0.1) is 20.6 Å². The van der Waals surface area contributed by atoms with Crippen LogP contribution in [-0.4, -0.2) is 26.5 Å². The van der Waals surface area contributed by atoms with Crippen LogP contribution in [0.2, 0.25) is 0 Å². The van der Waals surface area contributed by atoms with E-state index >= 15 is 0 Å². The van der Waals surface area contributed by atoms with E-state index in [1.165, 1.54) is 14.2 Å². The fraction of sp³-hybridized carbons (Fsp3) is 0.333. The van der Waals surface area contributed by atoms with Gasteiger partial charge in [-0.15, -0.1) is 0 Å². The van der Waals surface area contributed by atoms with Crippen molar-refractivity contribution in [1.29, 1.82) is 0 Å².